The number of ether oxygens (including phenoxy) is 2. The first-order valence-corrected chi connectivity index (χ1v) is 8.28. The van der Waals surface area contributed by atoms with E-state index in [1.54, 1.807) is 18.2 Å². The quantitative estimate of drug-likeness (QED) is 0.562. The van der Waals surface area contributed by atoms with Crippen LogP contribution in [-0.2, 0) is 11.4 Å². The number of amides is 1. The van der Waals surface area contributed by atoms with E-state index in [-0.39, 0.29) is 12.2 Å². The minimum Gasteiger partial charge on any atom is -0.493 e. The molecule has 0 saturated carbocycles. The topological polar surface area (TPSA) is 85.3 Å². The molecule has 2 rings (SSSR count). The second kappa shape index (κ2) is 8.56. The Morgan fingerprint density at radius 1 is 1.40 bits per heavy atom. The summed E-state index contributed by atoms with van der Waals surface area (Å²) in [6.07, 6.45) is 1.34. The number of hydrogen-bond acceptors (Lipinski definition) is 4. The van der Waals surface area contributed by atoms with Crippen LogP contribution in [0.3, 0.4) is 0 Å². The van der Waals surface area contributed by atoms with Gasteiger partial charge in [0.2, 0.25) is 0 Å². The summed E-state index contributed by atoms with van der Waals surface area (Å²) in [6.45, 7) is 0.289. The molecule has 0 atom stereocenters. The Morgan fingerprint density at radius 3 is 2.72 bits per heavy atom. The van der Waals surface area contributed by atoms with E-state index in [9.17, 15) is 4.79 Å². The molecule has 2 aromatic rings. The fourth-order valence-corrected chi connectivity index (χ4v) is 2.73. The Hall–Kier alpha value is -2.49. The monoisotopic (exact) mass is 420 g/mol. The van der Waals surface area contributed by atoms with Gasteiger partial charge in [-0.25, -0.2) is 0 Å². The first-order chi connectivity index (χ1) is 12.0. The van der Waals surface area contributed by atoms with Crippen molar-refractivity contribution in [2.75, 3.05) is 7.11 Å². The molecule has 0 aliphatic carbocycles. The van der Waals surface area contributed by atoms with Gasteiger partial charge in [0.15, 0.2) is 11.5 Å². The Balaban J connectivity index is 2.33. The summed E-state index contributed by atoms with van der Waals surface area (Å²) in [7, 11) is 1.48. The zero-order chi connectivity index (χ0) is 18.4. The van der Waals surface area contributed by atoms with Gasteiger partial charge in [0.05, 0.1) is 12.1 Å². The number of nitrogens with zero attached hydrogens (tertiary/aromatic N) is 1. The Labute approximate surface area is 158 Å². The number of carbonyl (C=O) groups excluding carboxylic acids is 1. The third-order valence-corrected chi connectivity index (χ3v) is 4.33. The lowest BCUT2D eigenvalue weighted by Crippen LogP contribution is -2.12. The van der Waals surface area contributed by atoms with Crippen LogP contribution < -0.4 is 15.2 Å². The molecule has 0 aliphatic rings. The maximum absolute atomic E-state index is 11.2. The molecular formula is C18H14BrClN2O3. The molecule has 128 valence electrons. The van der Waals surface area contributed by atoms with E-state index in [0.717, 1.165) is 10.0 Å². The summed E-state index contributed by atoms with van der Waals surface area (Å²) < 4.78 is 12.0. The molecule has 0 aromatic heterocycles. The van der Waals surface area contributed by atoms with Crippen molar-refractivity contribution in [3.05, 3.63) is 62.6 Å². The van der Waals surface area contributed by atoms with Gasteiger partial charge in [-0.2, -0.15) is 5.26 Å². The molecule has 0 saturated heterocycles. The molecule has 7 heteroatoms. The van der Waals surface area contributed by atoms with Crippen LogP contribution in [0.4, 0.5) is 0 Å². The Bertz CT molecular complexity index is 875. The van der Waals surface area contributed by atoms with Gasteiger partial charge in [-0.3, -0.25) is 4.79 Å². The molecule has 1 amide bonds. The van der Waals surface area contributed by atoms with Crippen molar-refractivity contribution in [3.63, 3.8) is 0 Å². The van der Waals surface area contributed by atoms with Gasteiger partial charge in [0, 0.05) is 10.0 Å². The fourth-order valence-electron chi connectivity index (χ4n) is 2.05. The fraction of sp³-hybridized carbons (Fsp3) is 0.111. The van der Waals surface area contributed by atoms with E-state index in [4.69, 9.17) is 32.1 Å². The molecule has 2 aromatic carbocycles. The van der Waals surface area contributed by atoms with Gasteiger partial charge < -0.3 is 15.2 Å². The van der Waals surface area contributed by atoms with Crippen molar-refractivity contribution in [1.29, 1.82) is 5.26 Å². The minimum absolute atomic E-state index is 0.181. The number of benzene rings is 2. The van der Waals surface area contributed by atoms with Gasteiger partial charge in [-0.05, 0) is 29.8 Å². The molecule has 0 radical (unpaired) electrons. The molecule has 0 spiro atoms. The number of halogens is 2. The normalized spacial score (nSPS) is 10.9. The number of nitriles is 1. The lowest BCUT2D eigenvalue weighted by Gasteiger charge is -2.14. The number of methoxy groups -OCH3 is 1. The SMILES string of the molecule is COc1cc(/C=C(\C#N)C(N)=O)cc(Cl)c1OCc1ccccc1Br. The summed E-state index contributed by atoms with van der Waals surface area (Å²) in [6, 6.07) is 12.6. The van der Waals surface area contributed by atoms with Crippen LogP contribution in [0.15, 0.2) is 46.4 Å². The van der Waals surface area contributed by atoms with Crippen molar-refractivity contribution in [1.82, 2.24) is 0 Å². The molecule has 0 heterocycles. The number of primary amides is 1. The Kier molecular flexibility index (Phi) is 6.45. The van der Waals surface area contributed by atoms with E-state index in [0.29, 0.717) is 22.1 Å². The molecule has 0 fully saturated rings. The highest BCUT2D eigenvalue weighted by atomic mass is 79.9. The van der Waals surface area contributed by atoms with Crippen LogP contribution in [0.2, 0.25) is 5.02 Å². The minimum atomic E-state index is -0.813. The van der Waals surface area contributed by atoms with Gasteiger partial charge in [0.25, 0.3) is 5.91 Å². The highest BCUT2D eigenvalue weighted by Gasteiger charge is 2.13. The van der Waals surface area contributed by atoms with Gasteiger partial charge in [-0.15, -0.1) is 0 Å². The summed E-state index contributed by atoms with van der Waals surface area (Å²) in [5, 5.41) is 9.22. The average Bonchev–Trinajstić information content (AvgIpc) is 2.59. The smallest absolute Gasteiger partial charge is 0.259 e. The lowest BCUT2D eigenvalue weighted by molar-refractivity contribution is -0.114. The van der Waals surface area contributed by atoms with Gasteiger partial charge in [0.1, 0.15) is 18.2 Å². The highest BCUT2D eigenvalue weighted by molar-refractivity contribution is 9.10. The zero-order valence-corrected chi connectivity index (χ0v) is 15.6. The molecular weight excluding hydrogens is 408 g/mol. The second-order valence-electron chi connectivity index (χ2n) is 4.95. The predicted molar refractivity (Wildman–Crippen MR) is 99.3 cm³/mol. The highest BCUT2D eigenvalue weighted by Crippen LogP contribution is 2.37. The predicted octanol–water partition coefficient (Wildman–Crippen LogP) is 4.08. The number of rotatable bonds is 6. The maximum atomic E-state index is 11.2. The number of carbonyl (C=O) groups is 1. The van der Waals surface area contributed by atoms with Crippen LogP contribution in [0, 0.1) is 11.3 Å². The standard InChI is InChI=1S/C18H14BrClN2O3/c1-24-16-8-11(6-13(9-21)18(22)23)7-15(20)17(16)25-10-12-4-2-3-5-14(12)19/h2-8H,10H2,1H3,(H2,22,23)/b13-6+. The summed E-state index contributed by atoms with van der Waals surface area (Å²) in [4.78, 5) is 11.2. The summed E-state index contributed by atoms with van der Waals surface area (Å²) in [5.74, 6) is -0.0611. The van der Waals surface area contributed by atoms with Crippen LogP contribution in [0.5, 0.6) is 11.5 Å². The van der Waals surface area contributed by atoms with Crippen molar-refractivity contribution in [2.24, 2.45) is 5.73 Å². The van der Waals surface area contributed by atoms with Gasteiger partial charge in [-0.1, -0.05) is 45.7 Å². The number of hydrogen-bond donors (Lipinski definition) is 1. The summed E-state index contributed by atoms with van der Waals surface area (Å²) in [5.41, 5.74) is 6.41. The van der Waals surface area contributed by atoms with Crippen LogP contribution in [0.25, 0.3) is 6.08 Å². The first-order valence-electron chi connectivity index (χ1n) is 7.11. The van der Waals surface area contributed by atoms with E-state index < -0.39 is 5.91 Å². The average molecular weight is 422 g/mol. The second-order valence-corrected chi connectivity index (χ2v) is 6.21. The lowest BCUT2D eigenvalue weighted by atomic mass is 10.1. The van der Waals surface area contributed by atoms with E-state index in [2.05, 4.69) is 15.9 Å². The van der Waals surface area contributed by atoms with Crippen molar-refractivity contribution in [3.8, 4) is 17.6 Å². The third-order valence-electron chi connectivity index (χ3n) is 3.28. The third kappa shape index (κ3) is 4.75. The van der Waals surface area contributed by atoms with Crippen molar-refractivity contribution < 1.29 is 14.3 Å². The summed E-state index contributed by atoms with van der Waals surface area (Å²) >= 11 is 9.74. The molecule has 5 nitrogen and oxygen atoms in total. The molecule has 0 aliphatic heterocycles. The van der Waals surface area contributed by atoms with Crippen LogP contribution in [0.1, 0.15) is 11.1 Å². The molecule has 0 bridgehead atoms. The van der Waals surface area contributed by atoms with E-state index in [1.165, 1.54) is 13.2 Å². The van der Waals surface area contributed by atoms with Crippen LogP contribution >= 0.6 is 27.5 Å². The van der Waals surface area contributed by atoms with E-state index in [1.807, 2.05) is 24.3 Å². The molecule has 25 heavy (non-hydrogen) atoms. The number of nitrogens with two attached hydrogens (primary N) is 1. The Morgan fingerprint density at radius 2 is 2.12 bits per heavy atom. The molecule has 2 N–H and O–H groups in total. The zero-order valence-electron chi connectivity index (χ0n) is 13.3. The van der Waals surface area contributed by atoms with Gasteiger partial charge >= 0.3 is 0 Å². The first kappa shape index (κ1) is 18.8. The molecule has 0 unspecified atom stereocenters. The van der Waals surface area contributed by atoms with E-state index >= 15 is 0 Å². The van der Waals surface area contributed by atoms with Crippen molar-refractivity contribution in [2.45, 2.75) is 6.61 Å². The van der Waals surface area contributed by atoms with Crippen LogP contribution in [-0.4, -0.2) is 13.0 Å². The largest absolute Gasteiger partial charge is 0.493 e. The maximum Gasteiger partial charge on any atom is 0.259 e. The van der Waals surface area contributed by atoms with Crippen molar-refractivity contribution >= 4 is 39.5 Å².